The zero-order valence-corrected chi connectivity index (χ0v) is 31.1. The van der Waals surface area contributed by atoms with Crippen LogP contribution in [0.4, 0.5) is 0 Å². The van der Waals surface area contributed by atoms with Crippen LogP contribution in [0.2, 0.25) is 0 Å². The number of unbranched alkanes of at least 4 members (excludes halogenated alkanes) is 28. The lowest BCUT2D eigenvalue weighted by molar-refractivity contribution is -0.123. The van der Waals surface area contributed by atoms with Gasteiger partial charge in [0.1, 0.15) is 0 Å². The van der Waals surface area contributed by atoms with Gasteiger partial charge < -0.3 is 15.5 Å². The number of carbonyl (C=O) groups excluding carboxylic acids is 1. The third-order valence-corrected chi connectivity index (χ3v) is 9.43. The van der Waals surface area contributed by atoms with E-state index in [9.17, 15) is 15.0 Å². The number of nitrogens with one attached hydrogen (secondary N) is 1. The van der Waals surface area contributed by atoms with E-state index in [1.807, 2.05) is 6.08 Å². The zero-order valence-electron chi connectivity index (χ0n) is 31.1. The molecule has 0 fully saturated rings. The lowest BCUT2D eigenvalue weighted by Crippen LogP contribution is -2.45. The molecule has 1 unspecified atom stereocenters. The van der Waals surface area contributed by atoms with Gasteiger partial charge in [-0.1, -0.05) is 192 Å². The molecule has 0 heterocycles. The van der Waals surface area contributed by atoms with Crippen LogP contribution in [0.5, 0.6) is 0 Å². The Labute approximate surface area is 288 Å². The van der Waals surface area contributed by atoms with Gasteiger partial charge in [0.05, 0.1) is 18.8 Å². The van der Waals surface area contributed by atoms with E-state index in [2.05, 4.69) is 31.3 Å². The van der Waals surface area contributed by atoms with Gasteiger partial charge in [-0.2, -0.15) is 0 Å². The summed E-state index contributed by atoms with van der Waals surface area (Å²) in [6.45, 7) is 4.30. The van der Waals surface area contributed by atoms with E-state index in [-0.39, 0.29) is 12.5 Å². The second-order valence-electron chi connectivity index (χ2n) is 14.1. The SMILES string of the molecule is CCCCCCCC/C=C\CCCCCCCCCCCCCC(=O)N[C@@H](CO)C(O)/C=C/CCCCCCCCCCCCC. The summed E-state index contributed by atoms with van der Waals surface area (Å²) in [5, 5.41) is 22.9. The fourth-order valence-corrected chi connectivity index (χ4v) is 6.23. The Kier molecular flexibility index (Phi) is 37.4. The van der Waals surface area contributed by atoms with Crippen molar-refractivity contribution in [1.29, 1.82) is 0 Å². The van der Waals surface area contributed by atoms with Crippen molar-refractivity contribution in [3.63, 3.8) is 0 Å². The van der Waals surface area contributed by atoms with E-state index in [1.165, 1.54) is 173 Å². The molecule has 4 heteroatoms. The van der Waals surface area contributed by atoms with Crippen molar-refractivity contribution in [3.05, 3.63) is 24.3 Å². The summed E-state index contributed by atoms with van der Waals surface area (Å²) in [6, 6.07) is -0.618. The van der Waals surface area contributed by atoms with E-state index in [0.29, 0.717) is 6.42 Å². The number of amides is 1. The molecule has 1 amide bonds. The molecule has 0 aromatic rings. The number of hydrogen-bond donors (Lipinski definition) is 3. The second kappa shape index (κ2) is 38.3. The van der Waals surface area contributed by atoms with E-state index in [1.54, 1.807) is 6.08 Å². The van der Waals surface area contributed by atoms with Crippen LogP contribution < -0.4 is 5.32 Å². The third-order valence-electron chi connectivity index (χ3n) is 9.43. The van der Waals surface area contributed by atoms with Crippen LogP contribution in [0.15, 0.2) is 24.3 Å². The highest BCUT2D eigenvalue weighted by atomic mass is 16.3. The van der Waals surface area contributed by atoms with E-state index in [0.717, 1.165) is 25.7 Å². The van der Waals surface area contributed by atoms with Crippen molar-refractivity contribution in [3.8, 4) is 0 Å². The summed E-state index contributed by atoms with van der Waals surface area (Å²) in [6.07, 6.45) is 48.4. The first-order valence-electron chi connectivity index (χ1n) is 20.6. The van der Waals surface area contributed by atoms with Gasteiger partial charge in [0.15, 0.2) is 0 Å². The van der Waals surface area contributed by atoms with Crippen LogP contribution in [-0.4, -0.2) is 34.9 Å². The Bertz CT molecular complexity index is 661. The van der Waals surface area contributed by atoms with Crippen molar-refractivity contribution in [2.75, 3.05) is 6.61 Å². The molecule has 0 radical (unpaired) electrons. The fourth-order valence-electron chi connectivity index (χ4n) is 6.23. The molecule has 0 aliphatic carbocycles. The first-order chi connectivity index (χ1) is 22.7. The quantitative estimate of drug-likeness (QED) is 0.0464. The Morgan fingerprint density at radius 2 is 0.826 bits per heavy atom. The van der Waals surface area contributed by atoms with Gasteiger partial charge in [0.2, 0.25) is 5.91 Å². The van der Waals surface area contributed by atoms with Gasteiger partial charge >= 0.3 is 0 Å². The minimum atomic E-state index is -0.835. The number of hydrogen-bond acceptors (Lipinski definition) is 3. The minimum absolute atomic E-state index is 0.0647. The Balaban J connectivity index is 3.55. The standard InChI is InChI=1S/C42H81NO3/c1-3-5-7-9-11-13-15-17-18-19-20-21-22-23-24-26-28-30-32-34-36-38-42(46)43-40(39-44)41(45)37-35-33-31-29-27-25-16-14-12-10-8-6-4-2/h17-18,35,37,40-41,44-45H,3-16,19-34,36,38-39H2,1-2H3,(H,43,46)/b18-17-,37-35+/t40-,41?/m0/s1. The molecule has 0 saturated heterocycles. The lowest BCUT2D eigenvalue weighted by Gasteiger charge is -2.20. The van der Waals surface area contributed by atoms with Gasteiger partial charge in [-0.05, 0) is 44.9 Å². The third kappa shape index (κ3) is 34.2. The average molecular weight is 648 g/mol. The van der Waals surface area contributed by atoms with E-state index >= 15 is 0 Å². The average Bonchev–Trinajstić information content (AvgIpc) is 3.06. The largest absolute Gasteiger partial charge is 0.394 e. The summed E-state index contributed by atoms with van der Waals surface area (Å²) >= 11 is 0. The molecule has 2 atom stereocenters. The Hall–Kier alpha value is -1.13. The van der Waals surface area contributed by atoms with Crippen LogP contribution in [0, 0.1) is 0 Å². The molecule has 272 valence electrons. The Morgan fingerprint density at radius 1 is 0.500 bits per heavy atom. The summed E-state index contributed by atoms with van der Waals surface area (Å²) in [7, 11) is 0. The first-order valence-corrected chi connectivity index (χ1v) is 20.6. The minimum Gasteiger partial charge on any atom is -0.394 e. The smallest absolute Gasteiger partial charge is 0.220 e. The van der Waals surface area contributed by atoms with Gasteiger partial charge in [0, 0.05) is 6.42 Å². The molecule has 0 bridgehead atoms. The molecule has 0 aromatic heterocycles. The number of aliphatic hydroxyl groups excluding tert-OH is 2. The highest BCUT2D eigenvalue weighted by Gasteiger charge is 2.17. The van der Waals surface area contributed by atoms with Crippen LogP contribution >= 0.6 is 0 Å². The maximum absolute atomic E-state index is 12.3. The molecule has 0 spiro atoms. The van der Waals surface area contributed by atoms with Crippen LogP contribution in [0.3, 0.4) is 0 Å². The first kappa shape index (κ1) is 44.9. The van der Waals surface area contributed by atoms with Gasteiger partial charge in [0.25, 0.3) is 0 Å². The Morgan fingerprint density at radius 3 is 1.20 bits per heavy atom. The topological polar surface area (TPSA) is 69.6 Å². The number of allylic oxidation sites excluding steroid dienone is 3. The zero-order chi connectivity index (χ0) is 33.6. The molecule has 0 aromatic carbocycles. The molecule has 0 rings (SSSR count). The van der Waals surface area contributed by atoms with Gasteiger partial charge in [-0.15, -0.1) is 0 Å². The maximum Gasteiger partial charge on any atom is 0.220 e. The molecule has 4 nitrogen and oxygen atoms in total. The highest BCUT2D eigenvalue weighted by Crippen LogP contribution is 2.14. The molecule has 0 aliphatic heterocycles. The van der Waals surface area contributed by atoms with Crippen molar-refractivity contribution in [2.45, 2.75) is 231 Å². The second-order valence-corrected chi connectivity index (χ2v) is 14.1. The lowest BCUT2D eigenvalue weighted by atomic mass is 10.0. The molecular weight excluding hydrogens is 566 g/mol. The normalized spacial score (nSPS) is 13.2. The molecule has 0 aliphatic rings. The van der Waals surface area contributed by atoms with Crippen molar-refractivity contribution in [1.82, 2.24) is 5.32 Å². The van der Waals surface area contributed by atoms with Crippen molar-refractivity contribution in [2.24, 2.45) is 0 Å². The predicted octanol–water partition coefficient (Wildman–Crippen LogP) is 12.5. The van der Waals surface area contributed by atoms with Crippen molar-refractivity contribution >= 4 is 5.91 Å². The van der Waals surface area contributed by atoms with Crippen LogP contribution in [0.1, 0.15) is 219 Å². The molecule has 46 heavy (non-hydrogen) atoms. The van der Waals surface area contributed by atoms with Gasteiger partial charge in [-0.25, -0.2) is 0 Å². The number of rotatable bonds is 37. The molecular formula is C42H81NO3. The maximum atomic E-state index is 12.3. The highest BCUT2D eigenvalue weighted by molar-refractivity contribution is 5.76. The van der Waals surface area contributed by atoms with E-state index in [4.69, 9.17) is 0 Å². The number of carbonyl (C=O) groups is 1. The van der Waals surface area contributed by atoms with E-state index < -0.39 is 12.1 Å². The summed E-state index contributed by atoms with van der Waals surface area (Å²) < 4.78 is 0. The summed E-state index contributed by atoms with van der Waals surface area (Å²) in [5.41, 5.74) is 0. The predicted molar refractivity (Wildman–Crippen MR) is 202 cm³/mol. The van der Waals surface area contributed by atoms with Gasteiger partial charge in [-0.3, -0.25) is 4.79 Å². The monoisotopic (exact) mass is 648 g/mol. The molecule has 3 N–H and O–H groups in total. The van der Waals surface area contributed by atoms with Crippen molar-refractivity contribution < 1.29 is 15.0 Å². The van der Waals surface area contributed by atoms with Crippen LogP contribution in [0.25, 0.3) is 0 Å². The number of aliphatic hydroxyl groups is 2. The summed E-state index contributed by atoms with van der Waals surface area (Å²) in [5.74, 6) is -0.0647. The molecule has 0 saturated carbocycles. The van der Waals surface area contributed by atoms with Crippen LogP contribution in [-0.2, 0) is 4.79 Å². The fraction of sp³-hybridized carbons (Fsp3) is 0.881. The summed E-state index contributed by atoms with van der Waals surface area (Å²) in [4.78, 5) is 12.3.